The molecule has 4 heteroatoms. The molecule has 17 heavy (non-hydrogen) atoms. The van der Waals surface area contributed by atoms with Gasteiger partial charge in [-0.25, -0.2) is 4.39 Å². The van der Waals surface area contributed by atoms with Crippen LogP contribution in [0.25, 0.3) is 0 Å². The lowest BCUT2D eigenvalue weighted by Gasteiger charge is -2.09. The minimum Gasteiger partial charge on any atom is -0.302 e. The van der Waals surface area contributed by atoms with Crippen LogP contribution in [0.4, 0.5) is 4.39 Å². The van der Waals surface area contributed by atoms with Crippen LogP contribution >= 0.6 is 11.3 Å². The number of nitrogens with one attached hydrogen (secondary N) is 1. The first kappa shape index (κ1) is 10.5. The summed E-state index contributed by atoms with van der Waals surface area (Å²) in [5.74, 6) is -0.203. The summed E-state index contributed by atoms with van der Waals surface area (Å²) in [6.07, 6.45) is 0.853. The van der Waals surface area contributed by atoms with E-state index >= 15 is 0 Å². The minimum atomic E-state index is -0.203. The molecular weight excluding hydrogens is 235 g/mol. The predicted molar refractivity (Wildman–Crippen MR) is 67.7 cm³/mol. The Morgan fingerprint density at radius 1 is 1.24 bits per heavy atom. The van der Waals surface area contributed by atoms with Gasteiger partial charge in [0.05, 0.1) is 16.6 Å². The average molecular weight is 246 g/mol. The third-order valence-corrected chi connectivity index (χ3v) is 3.75. The number of hydrogen-bond acceptors (Lipinski definition) is 3. The Bertz CT molecular complexity index is 531. The fourth-order valence-electron chi connectivity index (χ4n) is 1.93. The smallest absolute Gasteiger partial charge is 0.123 e. The van der Waals surface area contributed by atoms with Gasteiger partial charge in [-0.3, -0.25) is 0 Å². The molecule has 1 atom stereocenters. The first-order chi connectivity index (χ1) is 8.33. The number of hydrazone groups is 1. The molecule has 1 aromatic carbocycles. The normalized spacial score (nSPS) is 18.9. The highest BCUT2D eigenvalue weighted by Crippen LogP contribution is 2.26. The Hall–Kier alpha value is -1.68. The van der Waals surface area contributed by atoms with E-state index in [1.165, 1.54) is 17.0 Å². The van der Waals surface area contributed by atoms with Crippen molar-refractivity contribution in [3.8, 4) is 0 Å². The summed E-state index contributed by atoms with van der Waals surface area (Å²) in [5, 5.41) is 6.39. The number of thiophene rings is 1. The molecule has 0 radical (unpaired) electrons. The second-order valence-corrected chi connectivity index (χ2v) is 4.92. The highest BCUT2D eigenvalue weighted by Gasteiger charge is 2.21. The summed E-state index contributed by atoms with van der Waals surface area (Å²) >= 11 is 1.69. The molecular formula is C13H11FN2S. The topological polar surface area (TPSA) is 24.4 Å². The summed E-state index contributed by atoms with van der Waals surface area (Å²) in [6.45, 7) is 0. The van der Waals surface area contributed by atoms with Crippen LogP contribution in [0.2, 0.25) is 0 Å². The van der Waals surface area contributed by atoms with Crippen molar-refractivity contribution in [2.75, 3.05) is 0 Å². The molecule has 0 saturated heterocycles. The molecule has 0 fully saturated rings. The van der Waals surface area contributed by atoms with E-state index in [2.05, 4.69) is 16.6 Å². The Labute approximate surface area is 103 Å². The SMILES string of the molecule is Fc1ccc(C2CC(c3cccs3)=NN2)cc1. The molecule has 1 aliphatic rings. The summed E-state index contributed by atoms with van der Waals surface area (Å²) in [7, 11) is 0. The van der Waals surface area contributed by atoms with E-state index in [1.54, 1.807) is 23.5 Å². The maximum atomic E-state index is 12.8. The zero-order chi connectivity index (χ0) is 11.7. The van der Waals surface area contributed by atoms with Crippen LogP contribution in [-0.4, -0.2) is 5.71 Å². The molecule has 1 N–H and O–H groups in total. The van der Waals surface area contributed by atoms with Gasteiger partial charge in [-0.1, -0.05) is 18.2 Å². The molecule has 2 nitrogen and oxygen atoms in total. The van der Waals surface area contributed by atoms with Gasteiger partial charge in [-0.15, -0.1) is 11.3 Å². The van der Waals surface area contributed by atoms with Gasteiger partial charge < -0.3 is 5.43 Å². The van der Waals surface area contributed by atoms with E-state index in [1.807, 2.05) is 11.4 Å². The van der Waals surface area contributed by atoms with Crippen molar-refractivity contribution in [3.05, 3.63) is 58.0 Å². The first-order valence-electron chi connectivity index (χ1n) is 5.44. The van der Waals surface area contributed by atoms with Gasteiger partial charge in [0.2, 0.25) is 0 Å². The molecule has 0 aliphatic carbocycles. The molecule has 2 heterocycles. The lowest BCUT2D eigenvalue weighted by atomic mass is 10.0. The highest BCUT2D eigenvalue weighted by atomic mass is 32.1. The minimum absolute atomic E-state index is 0.160. The summed E-state index contributed by atoms with van der Waals surface area (Å²) in [6, 6.07) is 10.8. The van der Waals surface area contributed by atoms with Gasteiger partial charge in [0, 0.05) is 6.42 Å². The van der Waals surface area contributed by atoms with Crippen LogP contribution in [0.3, 0.4) is 0 Å². The number of halogens is 1. The van der Waals surface area contributed by atoms with E-state index in [0.717, 1.165) is 17.7 Å². The van der Waals surface area contributed by atoms with Crippen molar-refractivity contribution in [2.45, 2.75) is 12.5 Å². The van der Waals surface area contributed by atoms with E-state index in [-0.39, 0.29) is 11.9 Å². The molecule has 1 aromatic heterocycles. The number of hydrogen-bond donors (Lipinski definition) is 1. The van der Waals surface area contributed by atoms with E-state index < -0.39 is 0 Å². The predicted octanol–water partition coefficient (Wildman–Crippen LogP) is 3.33. The molecule has 1 unspecified atom stereocenters. The van der Waals surface area contributed by atoms with Crippen molar-refractivity contribution in [1.82, 2.24) is 5.43 Å². The molecule has 0 saturated carbocycles. The third kappa shape index (κ3) is 2.08. The van der Waals surface area contributed by atoms with Crippen LogP contribution < -0.4 is 5.43 Å². The Morgan fingerprint density at radius 2 is 2.06 bits per heavy atom. The van der Waals surface area contributed by atoms with Crippen LogP contribution in [0.1, 0.15) is 22.9 Å². The zero-order valence-electron chi connectivity index (χ0n) is 9.06. The van der Waals surface area contributed by atoms with Crippen molar-refractivity contribution >= 4 is 17.0 Å². The molecule has 2 aromatic rings. The van der Waals surface area contributed by atoms with E-state index in [0.29, 0.717) is 0 Å². The van der Waals surface area contributed by atoms with Crippen LogP contribution in [0.15, 0.2) is 46.9 Å². The second kappa shape index (κ2) is 4.30. The molecule has 3 rings (SSSR count). The first-order valence-corrected chi connectivity index (χ1v) is 6.32. The standard InChI is InChI=1S/C13H11FN2S/c14-10-5-3-9(4-6-10)11-8-12(16-15-11)13-2-1-7-17-13/h1-7,11,15H,8H2. The van der Waals surface area contributed by atoms with Gasteiger partial charge in [0.25, 0.3) is 0 Å². The van der Waals surface area contributed by atoms with Gasteiger partial charge in [-0.05, 0) is 29.1 Å². The average Bonchev–Trinajstić information content (AvgIpc) is 3.00. The lowest BCUT2D eigenvalue weighted by Crippen LogP contribution is -2.09. The van der Waals surface area contributed by atoms with Crippen molar-refractivity contribution in [2.24, 2.45) is 5.10 Å². The zero-order valence-corrected chi connectivity index (χ0v) is 9.88. The molecule has 0 spiro atoms. The monoisotopic (exact) mass is 246 g/mol. The Kier molecular flexibility index (Phi) is 2.65. The third-order valence-electron chi connectivity index (χ3n) is 2.83. The Balaban J connectivity index is 1.76. The molecule has 86 valence electrons. The van der Waals surface area contributed by atoms with Crippen LogP contribution in [-0.2, 0) is 0 Å². The van der Waals surface area contributed by atoms with E-state index in [4.69, 9.17) is 0 Å². The molecule has 0 amide bonds. The number of nitrogens with zero attached hydrogens (tertiary/aromatic N) is 1. The van der Waals surface area contributed by atoms with Gasteiger partial charge in [0.1, 0.15) is 5.82 Å². The highest BCUT2D eigenvalue weighted by molar-refractivity contribution is 7.12. The number of rotatable bonds is 2. The van der Waals surface area contributed by atoms with Crippen LogP contribution in [0.5, 0.6) is 0 Å². The molecule has 1 aliphatic heterocycles. The fourth-order valence-corrected chi connectivity index (χ4v) is 2.65. The van der Waals surface area contributed by atoms with Crippen LogP contribution in [0, 0.1) is 5.82 Å². The molecule has 0 bridgehead atoms. The Morgan fingerprint density at radius 3 is 2.76 bits per heavy atom. The fraction of sp³-hybridized carbons (Fsp3) is 0.154. The van der Waals surface area contributed by atoms with Gasteiger partial charge in [-0.2, -0.15) is 5.10 Å². The van der Waals surface area contributed by atoms with E-state index in [9.17, 15) is 4.39 Å². The lowest BCUT2D eigenvalue weighted by molar-refractivity contribution is 0.607. The summed E-state index contributed by atoms with van der Waals surface area (Å²) in [4.78, 5) is 1.20. The van der Waals surface area contributed by atoms with Crippen molar-refractivity contribution in [1.29, 1.82) is 0 Å². The number of benzene rings is 1. The van der Waals surface area contributed by atoms with Gasteiger partial charge in [0.15, 0.2) is 0 Å². The van der Waals surface area contributed by atoms with Crippen molar-refractivity contribution < 1.29 is 4.39 Å². The second-order valence-electron chi connectivity index (χ2n) is 3.97. The van der Waals surface area contributed by atoms with Gasteiger partial charge >= 0.3 is 0 Å². The summed E-state index contributed by atoms with van der Waals surface area (Å²) < 4.78 is 12.8. The maximum Gasteiger partial charge on any atom is 0.123 e. The van der Waals surface area contributed by atoms with Crippen molar-refractivity contribution in [3.63, 3.8) is 0 Å². The quantitative estimate of drug-likeness (QED) is 0.863. The largest absolute Gasteiger partial charge is 0.302 e. The maximum absolute atomic E-state index is 12.8. The summed E-state index contributed by atoms with van der Waals surface area (Å²) in [5.41, 5.74) is 5.25.